The van der Waals surface area contributed by atoms with Gasteiger partial charge in [0.15, 0.2) is 4.32 Å². The number of ether oxygens (including phenoxy) is 1. The third-order valence-corrected chi connectivity index (χ3v) is 4.07. The number of anilines is 1. The first-order valence-corrected chi connectivity index (χ1v) is 7.35. The molecular formula is C12H18N4OS2. The summed E-state index contributed by atoms with van der Waals surface area (Å²) >= 11 is 6.94. The zero-order chi connectivity index (χ0) is 13.8. The molecule has 2 rings (SSSR count). The number of hydrogen-bond acceptors (Lipinski definition) is 6. The van der Waals surface area contributed by atoms with E-state index in [-0.39, 0.29) is 0 Å². The maximum Gasteiger partial charge on any atom is 0.236 e. The Morgan fingerprint density at radius 1 is 1.32 bits per heavy atom. The minimum Gasteiger partial charge on any atom is -0.378 e. The molecule has 1 fully saturated rings. The van der Waals surface area contributed by atoms with E-state index in [1.807, 2.05) is 31.3 Å². The number of rotatable bonds is 2. The Kier molecular flexibility index (Phi) is 4.95. The monoisotopic (exact) mass is 298 g/mol. The molecule has 0 saturated carbocycles. The largest absolute Gasteiger partial charge is 0.378 e. The van der Waals surface area contributed by atoms with Crippen LogP contribution in [0.4, 0.5) is 5.95 Å². The molecule has 1 aliphatic rings. The summed E-state index contributed by atoms with van der Waals surface area (Å²) in [6, 6.07) is 1.96. The lowest BCUT2D eigenvalue weighted by Gasteiger charge is -2.30. The van der Waals surface area contributed by atoms with Crippen molar-refractivity contribution in [1.82, 2.24) is 14.9 Å². The van der Waals surface area contributed by atoms with Crippen LogP contribution in [-0.2, 0) is 4.74 Å². The highest BCUT2D eigenvalue weighted by atomic mass is 32.2. The van der Waals surface area contributed by atoms with Gasteiger partial charge in [0.05, 0.1) is 13.2 Å². The Balaban J connectivity index is 1.99. The first-order chi connectivity index (χ1) is 9.06. The van der Waals surface area contributed by atoms with Crippen molar-refractivity contribution in [2.45, 2.75) is 13.8 Å². The highest BCUT2D eigenvalue weighted by Crippen LogP contribution is 2.20. The molecule has 0 radical (unpaired) electrons. The number of hydrogen-bond donors (Lipinski definition) is 0. The summed E-state index contributed by atoms with van der Waals surface area (Å²) in [4.78, 5) is 11.0. The number of thiocarbonyl (C=S) groups is 1. The Morgan fingerprint density at radius 3 is 2.47 bits per heavy atom. The standard InChI is InChI=1S/C12H18N4OS2/c1-9-8-10(2)14-11(13-9)15(3)19-12(18)16-4-6-17-7-5-16/h8H,4-7H2,1-3H3. The van der Waals surface area contributed by atoms with Gasteiger partial charge in [-0.3, -0.25) is 4.31 Å². The molecule has 7 heteroatoms. The van der Waals surface area contributed by atoms with Gasteiger partial charge in [0, 0.05) is 43.5 Å². The van der Waals surface area contributed by atoms with Crippen molar-refractivity contribution in [3.05, 3.63) is 17.5 Å². The van der Waals surface area contributed by atoms with Crippen molar-refractivity contribution in [1.29, 1.82) is 0 Å². The second kappa shape index (κ2) is 6.49. The van der Waals surface area contributed by atoms with Crippen LogP contribution in [-0.4, -0.2) is 52.5 Å². The van der Waals surface area contributed by atoms with E-state index in [1.54, 1.807) is 0 Å². The molecule has 0 bridgehead atoms. The summed E-state index contributed by atoms with van der Waals surface area (Å²) in [6.07, 6.45) is 0. The lowest BCUT2D eigenvalue weighted by Crippen LogP contribution is -2.39. The summed E-state index contributed by atoms with van der Waals surface area (Å²) in [7, 11) is 1.94. The van der Waals surface area contributed by atoms with E-state index in [0.29, 0.717) is 5.95 Å². The highest BCUT2D eigenvalue weighted by molar-refractivity contribution is 8.23. The SMILES string of the molecule is Cc1cc(C)nc(N(C)SC(=S)N2CCOCC2)n1. The lowest BCUT2D eigenvalue weighted by molar-refractivity contribution is 0.0702. The zero-order valence-electron chi connectivity index (χ0n) is 11.4. The van der Waals surface area contributed by atoms with Crippen molar-refractivity contribution >= 4 is 34.4 Å². The minimum atomic E-state index is 0.693. The lowest BCUT2D eigenvalue weighted by atomic mass is 10.4. The van der Waals surface area contributed by atoms with Gasteiger partial charge < -0.3 is 9.64 Å². The molecule has 19 heavy (non-hydrogen) atoms. The summed E-state index contributed by atoms with van der Waals surface area (Å²) in [5, 5.41) is 0. The fourth-order valence-electron chi connectivity index (χ4n) is 1.81. The highest BCUT2D eigenvalue weighted by Gasteiger charge is 2.17. The molecule has 104 valence electrons. The summed E-state index contributed by atoms with van der Waals surface area (Å²) in [5.41, 5.74) is 1.93. The first kappa shape index (κ1) is 14.5. The predicted octanol–water partition coefficient (Wildman–Crippen LogP) is 1.79. The predicted molar refractivity (Wildman–Crippen MR) is 82.5 cm³/mol. The van der Waals surface area contributed by atoms with Crippen molar-refractivity contribution < 1.29 is 4.74 Å². The molecule has 0 aliphatic carbocycles. The molecule has 0 atom stereocenters. The summed E-state index contributed by atoms with van der Waals surface area (Å²) < 4.78 is 8.08. The van der Waals surface area contributed by atoms with Crippen molar-refractivity contribution in [2.75, 3.05) is 37.7 Å². The van der Waals surface area contributed by atoms with Gasteiger partial charge in [0.25, 0.3) is 0 Å². The molecule has 5 nitrogen and oxygen atoms in total. The third-order valence-electron chi connectivity index (χ3n) is 2.74. The normalized spacial score (nSPS) is 15.4. The van der Waals surface area contributed by atoms with Crippen molar-refractivity contribution in [3.8, 4) is 0 Å². The summed E-state index contributed by atoms with van der Waals surface area (Å²) in [6.45, 7) is 7.13. The zero-order valence-corrected chi connectivity index (χ0v) is 13.1. The number of nitrogens with zero attached hydrogens (tertiary/aromatic N) is 4. The van der Waals surface area contributed by atoms with Gasteiger partial charge in [0.2, 0.25) is 5.95 Å². The van der Waals surface area contributed by atoms with Crippen LogP contribution in [0.25, 0.3) is 0 Å². The molecule has 0 amide bonds. The number of aryl methyl sites for hydroxylation is 2. The topological polar surface area (TPSA) is 41.5 Å². The van der Waals surface area contributed by atoms with Gasteiger partial charge in [-0.25, -0.2) is 9.97 Å². The maximum absolute atomic E-state index is 5.45. The Bertz CT molecular complexity index is 443. The number of aromatic nitrogens is 2. The molecule has 0 N–H and O–H groups in total. The third kappa shape index (κ3) is 4.02. The molecule has 1 aliphatic heterocycles. The van der Waals surface area contributed by atoms with Crippen LogP contribution in [0.15, 0.2) is 6.07 Å². The van der Waals surface area contributed by atoms with E-state index in [1.165, 1.54) is 11.9 Å². The molecule has 1 aromatic heterocycles. The van der Waals surface area contributed by atoms with Crippen LogP contribution in [0.1, 0.15) is 11.4 Å². The molecule has 0 aromatic carbocycles. The molecule has 2 heterocycles. The smallest absolute Gasteiger partial charge is 0.236 e. The van der Waals surface area contributed by atoms with Gasteiger partial charge in [-0.2, -0.15) is 0 Å². The molecule has 1 aromatic rings. The van der Waals surface area contributed by atoms with Crippen LogP contribution in [0.5, 0.6) is 0 Å². The van der Waals surface area contributed by atoms with Gasteiger partial charge >= 0.3 is 0 Å². The number of morpholine rings is 1. The minimum absolute atomic E-state index is 0.693. The molecule has 1 saturated heterocycles. The average Bonchev–Trinajstić information content (AvgIpc) is 2.38. The van der Waals surface area contributed by atoms with E-state index in [2.05, 4.69) is 14.9 Å². The Labute approximate surface area is 123 Å². The van der Waals surface area contributed by atoms with Crippen molar-refractivity contribution in [2.24, 2.45) is 0 Å². The quantitative estimate of drug-likeness (QED) is 0.609. The summed E-state index contributed by atoms with van der Waals surface area (Å²) in [5.74, 6) is 0.693. The van der Waals surface area contributed by atoms with E-state index in [4.69, 9.17) is 17.0 Å². The Hall–Kier alpha value is -0.920. The second-order valence-electron chi connectivity index (χ2n) is 4.40. The van der Waals surface area contributed by atoms with Gasteiger partial charge in [-0.15, -0.1) is 0 Å². The second-order valence-corrected chi connectivity index (χ2v) is 6.17. The first-order valence-electron chi connectivity index (χ1n) is 6.17. The van der Waals surface area contributed by atoms with Crippen LogP contribution >= 0.6 is 24.2 Å². The molecular weight excluding hydrogens is 280 g/mol. The van der Waals surface area contributed by atoms with Gasteiger partial charge in [-0.05, 0) is 19.9 Å². The van der Waals surface area contributed by atoms with Gasteiger partial charge in [0.1, 0.15) is 0 Å². The molecule has 0 spiro atoms. The van der Waals surface area contributed by atoms with Gasteiger partial charge in [-0.1, -0.05) is 12.2 Å². The van der Waals surface area contributed by atoms with Crippen molar-refractivity contribution in [3.63, 3.8) is 0 Å². The molecule has 0 unspecified atom stereocenters. The van der Waals surface area contributed by atoms with E-state index >= 15 is 0 Å². The van der Waals surface area contributed by atoms with Crippen LogP contribution < -0.4 is 4.31 Å². The maximum atomic E-state index is 5.45. The fourth-order valence-corrected chi connectivity index (χ4v) is 3.02. The van der Waals surface area contributed by atoms with Crippen LogP contribution in [0, 0.1) is 13.8 Å². The van der Waals surface area contributed by atoms with E-state index in [9.17, 15) is 0 Å². The van der Waals surface area contributed by atoms with Crippen LogP contribution in [0.3, 0.4) is 0 Å². The van der Waals surface area contributed by atoms with E-state index < -0.39 is 0 Å². The Morgan fingerprint density at radius 2 is 1.89 bits per heavy atom. The van der Waals surface area contributed by atoms with E-state index in [0.717, 1.165) is 42.0 Å². The fraction of sp³-hybridized carbons (Fsp3) is 0.583. The van der Waals surface area contributed by atoms with Crippen LogP contribution in [0.2, 0.25) is 0 Å². The average molecular weight is 298 g/mol.